The molecule has 2 aliphatic heterocycles. The minimum atomic E-state index is -1.63. The number of hydrogen-bond acceptors (Lipinski definition) is 14. The van der Waals surface area contributed by atoms with Crippen molar-refractivity contribution < 1.29 is 62.6 Å². The Kier molecular flexibility index (Phi) is 32.8. The fourth-order valence-corrected chi connectivity index (χ4v) is 11.7. The van der Waals surface area contributed by atoms with Gasteiger partial charge in [-0.2, -0.15) is 0 Å². The highest BCUT2D eigenvalue weighted by Gasteiger charge is 2.46. The number of likely N-dealkylation sites (N-methyl/N-ethyl adjacent to an activating group) is 6. The lowest BCUT2D eigenvalue weighted by atomic mass is 9.91. The first-order valence-electron chi connectivity index (χ1n) is 32.9. The lowest BCUT2D eigenvalue weighted by Gasteiger charge is -2.41. The van der Waals surface area contributed by atoms with Gasteiger partial charge >= 0.3 is 0 Å². The summed E-state index contributed by atoms with van der Waals surface area (Å²) in [4.78, 5) is 171. The number of hydrogen-bond donors (Lipinski definition) is 6. The van der Waals surface area contributed by atoms with Gasteiger partial charge in [0.15, 0.2) is 0 Å². The topological polar surface area (TPSA) is 300 Å². The van der Waals surface area contributed by atoms with Gasteiger partial charge in [0.1, 0.15) is 66.5 Å². The molecule has 2 rings (SSSR count). The molecule has 0 spiro atoms. The van der Waals surface area contributed by atoms with Crippen LogP contribution in [0.3, 0.4) is 0 Å². The molecule has 14 atom stereocenters. The van der Waals surface area contributed by atoms with Crippen molar-refractivity contribution in [1.82, 2.24) is 60.9 Å². The second-order valence-electron chi connectivity index (χ2n) is 27.7. The van der Waals surface area contributed by atoms with Crippen molar-refractivity contribution in [3.05, 3.63) is 12.2 Å². The van der Waals surface area contributed by atoms with Gasteiger partial charge in [-0.25, -0.2) is 0 Å². The quantitative estimate of drug-likeness (QED) is 0.108. The summed E-state index contributed by atoms with van der Waals surface area (Å²) in [6.07, 6.45) is 3.30. The highest BCUT2D eigenvalue weighted by molar-refractivity contribution is 6.00. The standard InChI is InChI=1S/C66H118N12O13/c1-25-27-28-42(14)55(79)54-60(84)69-47(26-2)62(86)72(18)45(17)57(81)71-52(41(13)29-30-78-34-46(35-78)91-24)59(83)70-51(39(9)10)65(89)73(19)48(31-36(3)4)58(82)67-43(15)56(80)68-44(16)61(85)74(20)49(32-37(5)6)63(87)75(21)50(33-38(7)8)64(88)76(22)53(40(11)12)66(90)77(54)23/h25,27,36-55,79H,26,28-35H2,1-24H3,(H,67,82)(H,68,80)(H,69,84)(H,70,83)(H,71,81)/b27-25+/t41-,42-,43+,44-,45-,47+,48+,49+,50+,51+,52+,53+,54+,55-/m1/s1. The number of nitrogens with zero attached hydrogens (tertiary/aromatic N) is 7. The van der Waals surface area contributed by atoms with Gasteiger partial charge in [-0.15, -0.1) is 0 Å². The third-order valence-corrected chi connectivity index (χ3v) is 18.1. The minimum absolute atomic E-state index is 0.00345. The number of ether oxygens (including phenoxy) is 1. The molecular weight excluding hydrogens is 1170 g/mol. The molecule has 25 nitrogen and oxygen atoms in total. The van der Waals surface area contributed by atoms with E-state index in [1.807, 2.05) is 47.6 Å². The van der Waals surface area contributed by atoms with Crippen molar-refractivity contribution >= 4 is 65.0 Å². The van der Waals surface area contributed by atoms with Crippen LogP contribution in [0.5, 0.6) is 0 Å². The Bertz CT molecular complexity index is 2500. The predicted molar refractivity (Wildman–Crippen MR) is 350 cm³/mol. The molecule has 2 saturated heterocycles. The first kappa shape index (κ1) is 80.9. The lowest BCUT2D eigenvalue weighted by Crippen LogP contribution is -2.64. The first-order valence-corrected chi connectivity index (χ1v) is 32.9. The molecule has 6 N–H and O–H groups in total. The van der Waals surface area contributed by atoms with Gasteiger partial charge < -0.3 is 65.8 Å². The van der Waals surface area contributed by atoms with E-state index in [0.717, 1.165) is 9.80 Å². The van der Waals surface area contributed by atoms with Gasteiger partial charge in [0.05, 0.1) is 12.2 Å². The van der Waals surface area contributed by atoms with Crippen LogP contribution in [0.25, 0.3) is 0 Å². The fraction of sp³-hybridized carbons (Fsp3) is 0.803. The number of likely N-dealkylation sites (tertiary alicyclic amines) is 1. The second kappa shape index (κ2) is 36.9. The number of aliphatic hydroxyl groups excluding tert-OH is 1. The monoisotopic (exact) mass is 1290 g/mol. The van der Waals surface area contributed by atoms with Crippen molar-refractivity contribution in [3.63, 3.8) is 0 Å². The van der Waals surface area contributed by atoms with Crippen LogP contribution in [-0.4, -0.2) is 252 Å². The molecule has 11 amide bonds. The Morgan fingerprint density at radius 1 is 0.505 bits per heavy atom. The van der Waals surface area contributed by atoms with E-state index in [9.17, 15) is 43.5 Å². The Morgan fingerprint density at radius 2 is 0.978 bits per heavy atom. The molecule has 520 valence electrons. The van der Waals surface area contributed by atoms with Crippen molar-refractivity contribution in [2.24, 2.45) is 41.4 Å². The van der Waals surface area contributed by atoms with Gasteiger partial charge in [0.2, 0.25) is 65.0 Å². The van der Waals surface area contributed by atoms with Crippen LogP contribution in [-0.2, 0) is 57.5 Å². The second-order valence-corrected chi connectivity index (χ2v) is 27.7. The van der Waals surface area contributed by atoms with E-state index in [0.29, 0.717) is 32.5 Å². The Labute approximate surface area is 544 Å². The minimum Gasteiger partial charge on any atom is -0.390 e. The van der Waals surface area contributed by atoms with Crippen LogP contribution in [0, 0.1) is 41.4 Å². The number of methoxy groups -OCH3 is 1. The van der Waals surface area contributed by atoms with Gasteiger partial charge in [0, 0.05) is 62.5 Å². The molecule has 0 radical (unpaired) electrons. The SMILES string of the molecule is C/C=C/C[C@@H](C)[C@@H](O)[C@H]1C(=O)N[C@@H](CC)C(=O)N(C)[C@H](C)C(=O)N[C@@H]([C@H](C)CCN2CC(OC)C2)C(=O)N[C@@H](C(C)C)C(=O)N(C)[C@@H](CC(C)C)C(=O)N[C@@H](C)C(=O)N[C@H](C)C(=O)N(C)[C@@H](CC(C)C)C(=O)N(C)[C@@H](CC(C)C)C(=O)N(C)[C@@H](C(C)C)C(=O)N1C. The highest BCUT2D eigenvalue weighted by Crippen LogP contribution is 2.26. The van der Waals surface area contributed by atoms with E-state index < -0.39 is 161 Å². The number of nitrogens with one attached hydrogen (secondary N) is 5. The van der Waals surface area contributed by atoms with E-state index >= 15 is 14.4 Å². The van der Waals surface area contributed by atoms with Gasteiger partial charge in [-0.1, -0.05) is 102 Å². The average molecular weight is 1290 g/mol. The van der Waals surface area contributed by atoms with Gasteiger partial charge in [-0.3, -0.25) is 57.6 Å². The van der Waals surface area contributed by atoms with Crippen molar-refractivity contribution in [3.8, 4) is 0 Å². The first-order chi connectivity index (χ1) is 42.2. The van der Waals surface area contributed by atoms with E-state index in [1.54, 1.807) is 68.6 Å². The molecule has 0 aromatic rings. The molecule has 0 saturated carbocycles. The summed E-state index contributed by atoms with van der Waals surface area (Å²) in [5.74, 6) is -10.4. The maximum Gasteiger partial charge on any atom is 0.246 e. The van der Waals surface area contributed by atoms with Crippen LogP contribution in [0.2, 0.25) is 0 Å². The summed E-state index contributed by atoms with van der Waals surface area (Å²) in [5, 5.41) is 26.1. The highest BCUT2D eigenvalue weighted by atomic mass is 16.5. The molecule has 2 aliphatic rings. The van der Waals surface area contributed by atoms with Crippen molar-refractivity contribution in [2.75, 3.05) is 69.0 Å². The Hall–Kier alpha value is -6.21. The van der Waals surface area contributed by atoms with Crippen molar-refractivity contribution in [2.45, 2.75) is 235 Å². The van der Waals surface area contributed by atoms with E-state index in [1.165, 1.54) is 82.7 Å². The number of carbonyl (C=O) groups excluding carboxylic acids is 11. The van der Waals surface area contributed by atoms with Crippen LogP contribution in [0.4, 0.5) is 0 Å². The van der Waals surface area contributed by atoms with E-state index in [-0.39, 0.29) is 49.5 Å². The number of aliphatic hydroxyl groups is 1. The van der Waals surface area contributed by atoms with Crippen molar-refractivity contribution in [1.29, 1.82) is 0 Å². The number of rotatable bonds is 18. The van der Waals surface area contributed by atoms with Crippen LogP contribution >= 0.6 is 0 Å². The summed E-state index contributed by atoms with van der Waals surface area (Å²) in [6.45, 7) is 31.3. The third-order valence-electron chi connectivity index (χ3n) is 18.1. The molecule has 0 unspecified atom stereocenters. The van der Waals surface area contributed by atoms with Gasteiger partial charge in [0.25, 0.3) is 0 Å². The van der Waals surface area contributed by atoms with E-state index in [2.05, 4.69) is 31.5 Å². The molecule has 0 aromatic carbocycles. The smallest absolute Gasteiger partial charge is 0.246 e. The summed E-state index contributed by atoms with van der Waals surface area (Å²) < 4.78 is 5.47. The Morgan fingerprint density at radius 3 is 1.46 bits per heavy atom. The van der Waals surface area contributed by atoms with E-state index in [4.69, 9.17) is 4.74 Å². The molecule has 2 heterocycles. The van der Waals surface area contributed by atoms with Gasteiger partial charge in [-0.05, 0) is 114 Å². The molecule has 91 heavy (non-hydrogen) atoms. The molecule has 0 bridgehead atoms. The largest absolute Gasteiger partial charge is 0.390 e. The zero-order chi connectivity index (χ0) is 70.0. The number of amides is 11. The summed E-state index contributed by atoms with van der Waals surface area (Å²) in [6, 6.07) is -13.9. The normalized spacial score (nSPS) is 28.1. The Balaban J connectivity index is 2.99. The molecule has 25 heteroatoms. The molecule has 0 aromatic heterocycles. The maximum absolute atomic E-state index is 15.2. The molecule has 2 fully saturated rings. The lowest BCUT2D eigenvalue weighted by molar-refractivity contribution is -0.157. The number of allylic oxidation sites excluding steroid dienone is 2. The predicted octanol–water partition coefficient (Wildman–Crippen LogP) is 2.63. The fourth-order valence-electron chi connectivity index (χ4n) is 11.7. The number of carbonyl (C=O) groups is 11. The zero-order valence-electron chi connectivity index (χ0n) is 59.5. The molecular formula is C66H118N12O13. The van der Waals surface area contributed by atoms with Crippen LogP contribution in [0.15, 0.2) is 12.2 Å². The summed E-state index contributed by atoms with van der Waals surface area (Å²) in [5.41, 5.74) is 0. The summed E-state index contributed by atoms with van der Waals surface area (Å²) in [7, 11) is 10.1. The third kappa shape index (κ3) is 22.2. The average Bonchev–Trinajstić information content (AvgIpc) is 0.861. The maximum atomic E-state index is 15.2. The van der Waals surface area contributed by atoms with Crippen LogP contribution < -0.4 is 26.6 Å². The van der Waals surface area contributed by atoms with Crippen LogP contribution in [0.1, 0.15) is 156 Å². The zero-order valence-corrected chi connectivity index (χ0v) is 59.5. The molecule has 0 aliphatic carbocycles. The summed E-state index contributed by atoms with van der Waals surface area (Å²) >= 11 is 0.